The average molecular weight is 1880 g/mol. The van der Waals surface area contributed by atoms with Crippen molar-refractivity contribution < 1.29 is 14.6 Å². The summed E-state index contributed by atoms with van der Waals surface area (Å²) in [6.07, 6.45) is 25.2. The van der Waals surface area contributed by atoms with Crippen molar-refractivity contribution in [2.24, 2.45) is 17.2 Å². The fourth-order valence-electron chi connectivity index (χ4n) is 16.5. The van der Waals surface area contributed by atoms with Crippen molar-refractivity contribution >= 4 is 166 Å². The lowest BCUT2D eigenvalue weighted by molar-refractivity contribution is 0.0121. The Kier molecular flexibility index (Phi) is 27.4. The average Bonchev–Trinajstić information content (AvgIpc) is 1.65. The van der Waals surface area contributed by atoms with Gasteiger partial charge in [0, 0.05) is 122 Å². The summed E-state index contributed by atoms with van der Waals surface area (Å²) in [6.45, 7) is 18.7. The molecule has 128 heavy (non-hydrogen) atoms. The second-order valence-corrected chi connectivity index (χ2v) is 35.9. The zero-order valence-electron chi connectivity index (χ0n) is 71.2. The van der Waals surface area contributed by atoms with Gasteiger partial charge in [0.1, 0.15) is 72.8 Å². The van der Waals surface area contributed by atoms with Crippen LogP contribution in [-0.2, 0) is 0 Å². The van der Waals surface area contributed by atoms with E-state index in [1.54, 1.807) is 67.6 Å². The van der Waals surface area contributed by atoms with Crippen molar-refractivity contribution in [1.82, 2.24) is 111 Å². The van der Waals surface area contributed by atoms with Crippen molar-refractivity contribution in [3.63, 3.8) is 0 Å². The van der Waals surface area contributed by atoms with Crippen LogP contribution in [0, 0.1) is 5.82 Å². The largest absolute Gasteiger partial charge is 0.390 e. The molecule has 0 unspecified atom stereocenters. The summed E-state index contributed by atoms with van der Waals surface area (Å²) in [5, 5.41) is 59.7. The lowest BCUT2D eigenvalue weighted by Gasteiger charge is -2.39. The highest BCUT2D eigenvalue weighted by molar-refractivity contribution is 6.44. The molecule has 0 saturated carbocycles. The lowest BCUT2D eigenvalue weighted by atomic mass is 9.86. The molecule has 32 nitrogen and oxygen atoms in total. The minimum absolute atomic E-state index is 0.0267. The van der Waals surface area contributed by atoms with Gasteiger partial charge in [0.25, 0.3) is 0 Å². The molecule has 15 aromatic rings. The van der Waals surface area contributed by atoms with Crippen LogP contribution in [0.1, 0.15) is 131 Å². The Bertz CT molecular complexity index is 5910. The molecule has 5 aliphatic heterocycles. The number of hydrogen-bond acceptors (Lipinski definition) is 27. The Morgan fingerprint density at radius 2 is 0.562 bits per heavy atom. The van der Waals surface area contributed by atoms with Gasteiger partial charge in [-0.1, -0.05) is 152 Å². The molecule has 5 fully saturated rings. The third-order valence-corrected chi connectivity index (χ3v) is 28.3. The standard InChI is InChI=1S/2C18H20Cl2N6.C18H19ClFN5O.C17H20ClN7.C17H19ClN6O/c2*1-2-18(21)6-8-26(9-7-18)13-10-22-16-15(24-25-17(16)23-13)11-4-3-5-12(19)14(11)20;1-2-18(26)6-8-25(9-7-18)13-10-21-16-15(23-24-17(16)22-13)11-4-3-5-12(20)14(11)19;1-2-17(19)5-8-25(9-6-17)12-10-21-14-13(23-24-16(14)22-12)11-4-3-7-20-15(11)18;1-2-17(25)5-8-24(9-6-17)12-10-20-14-13(22-23-16(14)21-12)11-4-3-7-19-15(11)18/h2*3-5,10H,2,6-9,21H2,1H3,(H,23,24,25);3-5,10,26H,2,6-9H2,1H3,(H,22,23,24);3-4,7,10H,2,5-6,8-9,19H2,1H3,(H,22,23,24);3-4,7,10,25H,2,5-6,8-9H2,1H3,(H,21,22,23). The predicted molar refractivity (Wildman–Crippen MR) is 506 cm³/mol. The number of hydrogen-bond donors (Lipinski definition) is 10. The van der Waals surface area contributed by atoms with E-state index in [0.717, 1.165) is 217 Å². The van der Waals surface area contributed by atoms with Crippen LogP contribution in [0.3, 0.4) is 0 Å². The Balaban J connectivity index is 0.000000117. The van der Waals surface area contributed by atoms with E-state index < -0.39 is 17.0 Å². The van der Waals surface area contributed by atoms with E-state index >= 15 is 0 Å². The minimum Gasteiger partial charge on any atom is -0.390 e. The third kappa shape index (κ3) is 19.5. The molecular formula is C88H98Cl7FN30O2. The van der Waals surface area contributed by atoms with E-state index in [0.29, 0.717) is 116 Å². The first-order chi connectivity index (χ1) is 61.7. The fraction of sp³-hybridized carbons (Fsp3) is 0.398. The molecule has 0 bridgehead atoms. The molecule has 3 aromatic carbocycles. The molecule has 12 aromatic heterocycles. The van der Waals surface area contributed by atoms with Crippen LogP contribution in [0.15, 0.2) is 122 Å². The number of halogens is 8. The summed E-state index contributed by atoms with van der Waals surface area (Å²) in [4.78, 5) is 65.1. The van der Waals surface area contributed by atoms with Gasteiger partial charge in [-0.25, -0.2) is 64.2 Å². The molecule has 0 amide bonds. The van der Waals surface area contributed by atoms with Gasteiger partial charge in [-0.15, -0.1) is 0 Å². The summed E-state index contributed by atoms with van der Waals surface area (Å²) in [7, 11) is 0. The highest BCUT2D eigenvalue weighted by Gasteiger charge is 2.37. The van der Waals surface area contributed by atoms with Gasteiger partial charge < -0.3 is 51.9 Å². The van der Waals surface area contributed by atoms with Crippen LogP contribution in [-0.4, -0.2) is 214 Å². The van der Waals surface area contributed by atoms with Gasteiger partial charge >= 0.3 is 0 Å². The van der Waals surface area contributed by atoms with Gasteiger partial charge in [0.15, 0.2) is 0 Å². The predicted octanol–water partition coefficient (Wildman–Crippen LogP) is 17.2. The SMILES string of the molecule is CCC1(N)CCN(c2cnc3c(-c4cccc(Cl)c4Cl)[nH]nc3n2)CC1.CCC1(N)CCN(c2cnc3c(-c4cccc(Cl)c4Cl)[nH]nc3n2)CC1.CCC1(N)CCN(c2cnc3c(-c4cccnc4Cl)[nH]nc3n2)CC1.CCC1(O)CCN(c2cnc3c(-c4cccc(F)c4Cl)[nH]nc3n2)CC1.CCC1(O)CCN(c2cnc3c(-c4cccnc4Cl)[nH]nc3n2)CC1. The lowest BCUT2D eigenvalue weighted by Crippen LogP contribution is -2.50. The Hall–Kier alpha value is -10.5. The molecule has 20 rings (SSSR count). The molecule has 5 saturated heterocycles. The van der Waals surface area contributed by atoms with Crippen LogP contribution in [0.5, 0.6) is 0 Å². The number of pyridine rings is 2. The van der Waals surface area contributed by atoms with Gasteiger partial charge in [-0.3, -0.25) is 25.5 Å². The number of piperidine rings is 5. The summed E-state index contributed by atoms with van der Waals surface area (Å²) < 4.78 is 13.7. The van der Waals surface area contributed by atoms with E-state index in [-0.39, 0.29) is 21.6 Å². The Morgan fingerprint density at radius 1 is 0.320 bits per heavy atom. The summed E-state index contributed by atoms with van der Waals surface area (Å²) >= 11 is 43.3. The normalized spacial score (nSPS) is 17.1. The monoisotopic (exact) mass is 1870 g/mol. The summed E-state index contributed by atoms with van der Waals surface area (Å²) in [5.74, 6) is 3.49. The second-order valence-electron chi connectivity index (χ2n) is 33.2. The van der Waals surface area contributed by atoms with Crippen LogP contribution in [0.2, 0.25) is 35.4 Å². The maximum Gasteiger partial charge on any atom is 0.202 e. The molecule has 0 radical (unpaired) electrons. The third-order valence-electron chi connectivity index (χ3n) is 25.7. The summed E-state index contributed by atoms with van der Waals surface area (Å²) in [6, 6.07) is 23.0. The first-order valence-corrected chi connectivity index (χ1v) is 45.5. The topological polar surface area (TPSA) is 433 Å². The van der Waals surface area contributed by atoms with Crippen LogP contribution in [0.4, 0.5) is 33.5 Å². The van der Waals surface area contributed by atoms with Crippen molar-refractivity contribution in [3.05, 3.63) is 163 Å². The fourth-order valence-corrected chi connectivity index (χ4v) is 17.9. The van der Waals surface area contributed by atoms with Gasteiger partial charge in [0.05, 0.1) is 95.8 Å². The molecule has 40 heteroatoms. The number of nitrogens with zero attached hydrogens (tertiary/aromatic N) is 22. The number of aromatic nitrogens is 22. The van der Waals surface area contributed by atoms with Crippen LogP contribution in [0.25, 0.3) is 112 Å². The van der Waals surface area contributed by atoms with E-state index in [1.807, 2.05) is 62.4 Å². The van der Waals surface area contributed by atoms with E-state index in [4.69, 9.17) is 98.4 Å². The zero-order chi connectivity index (χ0) is 89.8. The van der Waals surface area contributed by atoms with Crippen LogP contribution >= 0.6 is 81.2 Å². The van der Waals surface area contributed by atoms with Crippen molar-refractivity contribution in [1.29, 1.82) is 0 Å². The number of aliphatic hydroxyl groups is 2. The van der Waals surface area contributed by atoms with Crippen molar-refractivity contribution in [2.75, 3.05) is 89.9 Å². The Labute approximate surface area is 771 Å². The highest BCUT2D eigenvalue weighted by Crippen LogP contribution is 2.42. The van der Waals surface area contributed by atoms with Gasteiger partial charge in [0.2, 0.25) is 28.2 Å². The number of nitrogens with two attached hydrogens (primary N) is 3. The minimum atomic E-state index is -0.582. The number of aromatic amines is 5. The maximum absolute atomic E-state index is 13.7. The van der Waals surface area contributed by atoms with Crippen molar-refractivity contribution in [3.8, 4) is 56.3 Å². The molecule has 0 spiro atoms. The van der Waals surface area contributed by atoms with Gasteiger partial charge in [-0.05, 0) is 139 Å². The molecule has 5 aliphatic rings. The number of fused-ring (bicyclic) bond motifs is 5. The molecule has 668 valence electrons. The van der Waals surface area contributed by atoms with Crippen LogP contribution < -0.4 is 41.7 Å². The number of rotatable bonds is 15. The molecule has 0 aliphatic carbocycles. The van der Waals surface area contributed by atoms with E-state index in [9.17, 15) is 14.6 Å². The Morgan fingerprint density at radius 3 is 0.820 bits per heavy atom. The molecular weight excluding hydrogens is 1780 g/mol. The first kappa shape index (κ1) is 90.8. The number of H-pyrrole nitrogens is 5. The number of nitrogens with one attached hydrogen (secondary N) is 5. The summed E-state index contributed by atoms with van der Waals surface area (Å²) in [5.41, 5.74) is 30.8. The molecule has 13 N–H and O–H groups in total. The second kappa shape index (κ2) is 38.6. The number of benzene rings is 3. The van der Waals surface area contributed by atoms with Crippen molar-refractivity contribution in [2.45, 2.75) is 159 Å². The van der Waals surface area contributed by atoms with E-state index in [1.165, 1.54) is 6.07 Å². The highest BCUT2D eigenvalue weighted by atomic mass is 35.5. The van der Waals surface area contributed by atoms with Gasteiger partial charge in [-0.2, -0.15) is 25.5 Å². The molecule has 0 atom stereocenters. The molecule has 17 heterocycles. The number of anilines is 5. The van der Waals surface area contributed by atoms with E-state index in [2.05, 4.69) is 156 Å². The zero-order valence-corrected chi connectivity index (χ0v) is 76.5. The quantitative estimate of drug-likeness (QED) is 0.0426. The smallest absolute Gasteiger partial charge is 0.202 e. The first-order valence-electron chi connectivity index (χ1n) is 42.9. The maximum atomic E-state index is 13.7.